The Morgan fingerprint density at radius 1 is 1.03 bits per heavy atom. The fourth-order valence-corrected chi connectivity index (χ4v) is 4.74. The highest BCUT2D eigenvalue weighted by atomic mass is 16.5. The van der Waals surface area contributed by atoms with Crippen molar-refractivity contribution in [3.63, 3.8) is 0 Å². The molecule has 0 bridgehead atoms. The number of pyridine rings is 1. The molecular formula is C26H28N8O2. The Morgan fingerprint density at radius 3 is 2.61 bits per heavy atom. The topological polar surface area (TPSA) is 105 Å². The molecule has 0 saturated carbocycles. The summed E-state index contributed by atoms with van der Waals surface area (Å²) in [6, 6.07) is 11.8. The molecule has 3 aromatic heterocycles. The van der Waals surface area contributed by atoms with E-state index in [9.17, 15) is 5.11 Å². The largest absolute Gasteiger partial charge is 0.380 e. The van der Waals surface area contributed by atoms with Gasteiger partial charge >= 0.3 is 0 Å². The molecule has 0 spiro atoms. The Labute approximate surface area is 208 Å². The van der Waals surface area contributed by atoms with Gasteiger partial charge in [-0.15, -0.1) is 0 Å². The summed E-state index contributed by atoms with van der Waals surface area (Å²) < 4.78 is 7.57. The number of fused-ring (bicyclic) bond motifs is 1. The van der Waals surface area contributed by atoms with E-state index in [0.717, 1.165) is 48.7 Å². The number of rotatable bonds is 6. The van der Waals surface area contributed by atoms with Crippen LogP contribution in [0.1, 0.15) is 30.8 Å². The van der Waals surface area contributed by atoms with Crippen LogP contribution in [0.4, 0.5) is 11.5 Å². The number of aliphatic hydroxyl groups is 1. The molecule has 2 aliphatic rings. The first-order valence-corrected chi connectivity index (χ1v) is 12.3. The van der Waals surface area contributed by atoms with Gasteiger partial charge in [0.1, 0.15) is 11.9 Å². The number of ether oxygens (including phenoxy) is 1. The molecule has 0 amide bonds. The summed E-state index contributed by atoms with van der Waals surface area (Å²) in [7, 11) is 0. The Bertz CT molecular complexity index is 1400. The van der Waals surface area contributed by atoms with Crippen LogP contribution in [-0.4, -0.2) is 68.7 Å². The Kier molecular flexibility index (Phi) is 6.04. The molecule has 1 fully saturated rings. The first-order chi connectivity index (χ1) is 17.7. The Balaban J connectivity index is 1.52. The highest BCUT2D eigenvalue weighted by Crippen LogP contribution is 2.33. The van der Waals surface area contributed by atoms with Gasteiger partial charge in [-0.25, -0.2) is 15.0 Å². The molecule has 0 aliphatic carbocycles. The summed E-state index contributed by atoms with van der Waals surface area (Å²) in [5.41, 5.74) is 4.04. The van der Waals surface area contributed by atoms with Crippen LogP contribution in [0.25, 0.3) is 22.6 Å². The predicted octanol–water partition coefficient (Wildman–Crippen LogP) is 3.02. The van der Waals surface area contributed by atoms with Crippen molar-refractivity contribution in [1.29, 1.82) is 0 Å². The van der Waals surface area contributed by atoms with Crippen molar-refractivity contribution in [1.82, 2.24) is 24.5 Å². The van der Waals surface area contributed by atoms with E-state index in [4.69, 9.17) is 19.7 Å². The zero-order chi connectivity index (χ0) is 24.5. The molecular weight excluding hydrogens is 456 g/mol. The van der Waals surface area contributed by atoms with Crippen LogP contribution >= 0.6 is 0 Å². The van der Waals surface area contributed by atoms with Crippen molar-refractivity contribution in [2.24, 2.45) is 5.10 Å². The molecule has 1 atom stereocenters. The number of benzene rings is 1. The summed E-state index contributed by atoms with van der Waals surface area (Å²) in [4.78, 5) is 21.2. The molecule has 10 heteroatoms. The number of hydrazone groups is 1. The number of nitrogens with zero attached hydrogens (tertiary/aromatic N) is 8. The lowest BCUT2D eigenvalue weighted by Crippen LogP contribution is -2.37. The van der Waals surface area contributed by atoms with Gasteiger partial charge in [-0.1, -0.05) is 12.1 Å². The molecule has 1 saturated heterocycles. The molecule has 1 unspecified atom stereocenters. The number of hydrogen-bond acceptors (Lipinski definition) is 9. The van der Waals surface area contributed by atoms with Gasteiger partial charge in [0, 0.05) is 56.8 Å². The fraction of sp³-hybridized carbons (Fsp3) is 0.346. The Morgan fingerprint density at radius 2 is 1.86 bits per heavy atom. The maximum atomic E-state index is 11.2. The van der Waals surface area contributed by atoms with Gasteiger partial charge in [0.25, 0.3) is 0 Å². The van der Waals surface area contributed by atoms with Crippen LogP contribution in [0.5, 0.6) is 0 Å². The van der Waals surface area contributed by atoms with Crippen LogP contribution in [0, 0.1) is 0 Å². The van der Waals surface area contributed by atoms with Gasteiger partial charge in [-0.3, -0.25) is 9.99 Å². The van der Waals surface area contributed by atoms with E-state index in [0.29, 0.717) is 42.6 Å². The summed E-state index contributed by atoms with van der Waals surface area (Å²) >= 11 is 0. The normalized spacial score (nSPS) is 16.7. The minimum Gasteiger partial charge on any atom is -0.380 e. The smallest absolute Gasteiger partial charge is 0.166 e. The van der Waals surface area contributed by atoms with Crippen molar-refractivity contribution >= 4 is 28.9 Å². The number of aryl methyl sites for hydroxylation is 1. The summed E-state index contributed by atoms with van der Waals surface area (Å²) in [6.07, 6.45) is 5.31. The highest BCUT2D eigenvalue weighted by Gasteiger charge is 2.26. The van der Waals surface area contributed by atoms with Crippen molar-refractivity contribution in [2.75, 3.05) is 42.8 Å². The number of anilines is 2. The second-order valence-electron chi connectivity index (χ2n) is 8.80. The van der Waals surface area contributed by atoms with E-state index in [1.54, 1.807) is 24.5 Å². The average Bonchev–Trinajstić information content (AvgIpc) is 3.61. The molecule has 6 rings (SSSR count). The summed E-state index contributed by atoms with van der Waals surface area (Å²) in [6.45, 7) is 6.20. The minimum atomic E-state index is -0.903. The van der Waals surface area contributed by atoms with Crippen LogP contribution < -0.4 is 9.91 Å². The fourth-order valence-electron chi connectivity index (χ4n) is 4.74. The lowest BCUT2D eigenvalue weighted by Gasteiger charge is -2.28. The molecule has 2 aliphatic heterocycles. The van der Waals surface area contributed by atoms with E-state index in [-0.39, 0.29) is 0 Å². The third kappa shape index (κ3) is 4.08. The van der Waals surface area contributed by atoms with Crippen LogP contribution in [0.2, 0.25) is 0 Å². The van der Waals surface area contributed by atoms with Crippen molar-refractivity contribution < 1.29 is 9.84 Å². The lowest BCUT2D eigenvalue weighted by molar-refractivity contribution is 0.122. The van der Waals surface area contributed by atoms with Crippen molar-refractivity contribution in [3.05, 3.63) is 60.2 Å². The summed E-state index contributed by atoms with van der Waals surface area (Å²) in [5, 5.41) is 17.7. The van der Waals surface area contributed by atoms with Crippen molar-refractivity contribution in [3.8, 4) is 11.4 Å². The Hall–Kier alpha value is -3.89. The van der Waals surface area contributed by atoms with Crippen LogP contribution in [0.15, 0.2) is 53.9 Å². The highest BCUT2D eigenvalue weighted by molar-refractivity contribution is 5.87. The zero-order valence-electron chi connectivity index (χ0n) is 20.2. The molecule has 5 heterocycles. The van der Waals surface area contributed by atoms with Gasteiger partial charge in [0.15, 0.2) is 22.8 Å². The number of aliphatic hydroxyl groups excluding tert-OH is 1. The number of morpholine rings is 1. The van der Waals surface area contributed by atoms with E-state index in [1.165, 1.54) is 0 Å². The number of hydrogen-bond donors (Lipinski definition) is 1. The average molecular weight is 485 g/mol. The van der Waals surface area contributed by atoms with Crippen molar-refractivity contribution in [2.45, 2.75) is 26.0 Å². The molecule has 1 aromatic carbocycles. The molecule has 0 radical (unpaired) electrons. The number of aromatic nitrogens is 5. The third-order valence-corrected chi connectivity index (χ3v) is 6.59. The molecule has 4 aromatic rings. The van der Waals surface area contributed by atoms with Gasteiger partial charge < -0.3 is 19.3 Å². The quantitative estimate of drug-likeness (QED) is 0.445. The second kappa shape index (κ2) is 9.63. The molecule has 10 nitrogen and oxygen atoms in total. The molecule has 36 heavy (non-hydrogen) atoms. The zero-order valence-corrected chi connectivity index (χ0v) is 20.2. The lowest BCUT2D eigenvalue weighted by atomic mass is 10.1. The third-order valence-electron chi connectivity index (χ3n) is 6.59. The van der Waals surface area contributed by atoms with Crippen LogP contribution in [0.3, 0.4) is 0 Å². The first-order valence-electron chi connectivity index (χ1n) is 12.3. The van der Waals surface area contributed by atoms with Gasteiger partial charge in [-0.2, -0.15) is 5.10 Å². The van der Waals surface area contributed by atoms with Gasteiger partial charge in [0.2, 0.25) is 0 Å². The van der Waals surface area contributed by atoms with Crippen LogP contribution in [-0.2, 0) is 11.3 Å². The maximum absolute atomic E-state index is 11.2. The number of imidazole rings is 1. The summed E-state index contributed by atoms with van der Waals surface area (Å²) in [5.74, 6) is 1.92. The minimum absolute atomic E-state index is 0.541. The van der Waals surface area contributed by atoms with E-state index in [1.807, 2.05) is 40.9 Å². The first kappa shape index (κ1) is 22.6. The van der Waals surface area contributed by atoms with E-state index >= 15 is 0 Å². The predicted molar refractivity (Wildman–Crippen MR) is 138 cm³/mol. The molecule has 1 N–H and O–H groups in total. The molecule has 184 valence electrons. The standard InChI is InChI=1S/C26H28N8O2/c1-2-33-25-21(29-26(33)22(35)18-7-10-27-11-8-18)24(32-13-15-36-16-14-32)30-23(31-25)19-5-3-6-20(17-19)34-12-4-9-28-34/h3,5-11,17,22,35H,2,4,12-16H2,1H3. The van der Waals surface area contributed by atoms with E-state index in [2.05, 4.69) is 21.1 Å². The van der Waals surface area contributed by atoms with E-state index < -0.39 is 6.10 Å². The van der Waals surface area contributed by atoms with Gasteiger partial charge in [0.05, 0.1) is 18.9 Å². The monoisotopic (exact) mass is 484 g/mol. The maximum Gasteiger partial charge on any atom is 0.166 e. The SMILES string of the molecule is CCn1c(C(O)c2ccncc2)nc2c(N3CCOCC3)nc(-c3cccc(N4CCC=N4)c3)nc21. The second-order valence-corrected chi connectivity index (χ2v) is 8.80. The van der Waals surface area contributed by atoms with Gasteiger partial charge in [-0.05, 0) is 36.8 Å².